The second-order valence-corrected chi connectivity index (χ2v) is 9.92. The number of aromatic nitrogens is 1. The Morgan fingerprint density at radius 2 is 2.03 bits per heavy atom. The summed E-state index contributed by atoms with van der Waals surface area (Å²) in [6.45, 7) is 4.58. The molecule has 1 aliphatic rings. The molecule has 0 radical (unpaired) electrons. The first-order valence-electron chi connectivity index (χ1n) is 9.92. The minimum absolute atomic E-state index is 0.114. The van der Waals surface area contributed by atoms with Crippen LogP contribution < -0.4 is 10.2 Å². The third-order valence-electron chi connectivity index (χ3n) is 4.80. The van der Waals surface area contributed by atoms with E-state index in [0.29, 0.717) is 30.3 Å². The van der Waals surface area contributed by atoms with Crippen molar-refractivity contribution in [1.29, 1.82) is 0 Å². The second kappa shape index (κ2) is 9.99. The van der Waals surface area contributed by atoms with E-state index in [1.807, 2.05) is 30.3 Å². The van der Waals surface area contributed by atoms with E-state index in [9.17, 15) is 9.59 Å². The van der Waals surface area contributed by atoms with Crippen LogP contribution in [0, 0.1) is 0 Å². The molecular weight excluding hydrogens is 454 g/mol. The smallest absolute Gasteiger partial charge is 0.234 e. The Bertz CT molecular complexity index is 1110. The summed E-state index contributed by atoms with van der Waals surface area (Å²) in [7, 11) is 0. The predicted molar refractivity (Wildman–Crippen MR) is 128 cm³/mol. The normalized spacial score (nSPS) is 14.1. The molecule has 1 N–H and O–H groups in total. The zero-order valence-corrected chi connectivity index (χ0v) is 19.4. The van der Waals surface area contributed by atoms with Gasteiger partial charge in [0.1, 0.15) is 5.78 Å². The number of hydrogen-bond donors (Lipinski definition) is 1. The van der Waals surface area contributed by atoms with Crippen molar-refractivity contribution in [1.82, 2.24) is 4.98 Å². The Hall–Kier alpha value is -2.13. The van der Waals surface area contributed by atoms with Gasteiger partial charge in [0.15, 0.2) is 4.34 Å². The van der Waals surface area contributed by atoms with Crippen molar-refractivity contribution < 1.29 is 14.3 Å². The standard InChI is InChI=1S/C22H22ClN3O3S2/c1-14(27)10-15-2-4-18-20(11-15)31-22(25-18)30-13-21(28)24-16-3-5-19(17(23)12-16)26-6-8-29-9-7-26/h2-5,11-12H,6-10,13H2,1H3,(H,24,28). The molecule has 162 valence electrons. The average Bonchev–Trinajstić information content (AvgIpc) is 3.15. The molecule has 0 aliphatic carbocycles. The topological polar surface area (TPSA) is 71.5 Å². The Labute approximate surface area is 193 Å². The number of nitrogens with one attached hydrogen (secondary N) is 1. The zero-order chi connectivity index (χ0) is 21.8. The van der Waals surface area contributed by atoms with Crippen molar-refractivity contribution in [3.8, 4) is 0 Å². The molecule has 0 spiro atoms. The Morgan fingerprint density at radius 3 is 2.77 bits per heavy atom. The molecule has 6 nitrogen and oxygen atoms in total. The van der Waals surface area contributed by atoms with Gasteiger partial charge in [0.05, 0.1) is 39.9 Å². The van der Waals surface area contributed by atoms with E-state index in [1.54, 1.807) is 13.0 Å². The van der Waals surface area contributed by atoms with Crippen LogP contribution in [0.3, 0.4) is 0 Å². The highest BCUT2D eigenvalue weighted by Crippen LogP contribution is 2.32. The summed E-state index contributed by atoms with van der Waals surface area (Å²) in [6.07, 6.45) is 0.422. The van der Waals surface area contributed by atoms with Crippen LogP contribution in [0.5, 0.6) is 0 Å². The highest BCUT2D eigenvalue weighted by Gasteiger charge is 2.15. The molecule has 0 atom stereocenters. The number of rotatable bonds is 7. The summed E-state index contributed by atoms with van der Waals surface area (Å²) in [4.78, 5) is 30.5. The van der Waals surface area contributed by atoms with Gasteiger partial charge in [0.2, 0.25) is 5.91 Å². The van der Waals surface area contributed by atoms with Crippen molar-refractivity contribution in [3.63, 3.8) is 0 Å². The van der Waals surface area contributed by atoms with Gasteiger partial charge in [-0.2, -0.15) is 0 Å². The highest BCUT2D eigenvalue weighted by atomic mass is 35.5. The number of thioether (sulfide) groups is 1. The number of amides is 1. The van der Waals surface area contributed by atoms with Gasteiger partial charge in [-0.3, -0.25) is 9.59 Å². The van der Waals surface area contributed by atoms with Crippen molar-refractivity contribution in [2.24, 2.45) is 0 Å². The number of carbonyl (C=O) groups is 2. The molecule has 1 aromatic heterocycles. The van der Waals surface area contributed by atoms with Crippen LogP contribution in [0.2, 0.25) is 5.02 Å². The molecular formula is C22H22ClN3O3S2. The first-order chi connectivity index (χ1) is 15.0. The molecule has 9 heteroatoms. The molecule has 0 saturated carbocycles. The van der Waals surface area contributed by atoms with Crippen LogP contribution >= 0.6 is 34.7 Å². The molecule has 1 amide bonds. The van der Waals surface area contributed by atoms with E-state index >= 15 is 0 Å². The summed E-state index contributed by atoms with van der Waals surface area (Å²) < 4.78 is 7.22. The summed E-state index contributed by atoms with van der Waals surface area (Å²) >= 11 is 9.37. The molecule has 1 saturated heterocycles. The molecule has 2 aromatic carbocycles. The molecule has 0 unspecified atom stereocenters. The van der Waals surface area contributed by atoms with E-state index in [4.69, 9.17) is 16.3 Å². The van der Waals surface area contributed by atoms with Crippen LogP contribution in [-0.2, 0) is 20.7 Å². The van der Waals surface area contributed by atoms with Crippen LogP contribution in [0.15, 0.2) is 40.7 Å². The van der Waals surface area contributed by atoms with E-state index in [1.165, 1.54) is 23.1 Å². The number of fused-ring (bicyclic) bond motifs is 1. The fourth-order valence-corrected chi connectivity index (χ4v) is 5.61. The van der Waals surface area contributed by atoms with E-state index in [-0.39, 0.29) is 17.4 Å². The van der Waals surface area contributed by atoms with Gasteiger partial charge in [-0.1, -0.05) is 29.4 Å². The van der Waals surface area contributed by atoms with Gasteiger partial charge in [-0.15, -0.1) is 11.3 Å². The SMILES string of the molecule is CC(=O)Cc1ccc2nc(SCC(=O)Nc3ccc(N4CCOCC4)c(Cl)c3)sc2c1. The maximum Gasteiger partial charge on any atom is 0.234 e. The van der Waals surface area contributed by atoms with E-state index in [0.717, 1.165) is 38.9 Å². The number of benzene rings is 2. The van der Waals surface area contributed by atoms with Crippen LogP contribution in [0.1, 0.15) is 12.5 Å². The molecule has 3 aromatic rings. The van der Waals surface area contributed by atoms with Gasteiger partial charge in [0, 0.05) is 25.2 Å². The Balaban J connectivity index is 1.34. The van der Waals surface area contributed by atoms with Crippen LogP contribution in [0.25, 0.3) is 10.2 Å². The number of nitrogens with zero attached hydrogens (tertiary/aromatic N) is 2. The molecule has 4 rings (SSSR count). The molecule has 2 heterocycles. The number of thiazole rings is 1. The Kier molecular flexibility index (Phi) is 7.12. The number of ether oxygens (including phenoxy) is 1. The zero-order valence-electron chi connectivity index (χ0n) is 17.0. The number of halogens is 1. The summed E-state index contributed by atoms with van der Waals surface area (Å²) in [5.74, 6) is 0.271. The van der Waals surface area contributed by atoms with Crippen LogP contribution in [0.4, 0.5) is 11.4 Å². The third-order valence-corrected chi connectivity index (χ3v) is 7.26. The molecule has 31 heavy (non-hydrogen) atoms. The predicted octanol–water partition coefficient (Wildman–Crippen LogP) is 4.65. The molecule has 1 fully saturated rings. The monoisotopic (exact) mass is 475 g/mol. The maximum absolute atomic E-state index is 12.4. The van der Waals surface area contributed by atoms with Gasteiger partial charge >= 0.3 is 0 Å². The average molecular weight is 476 g/mol. The lowest BCUT2D eigenvalue weighted by molar-refractivity contribution is -0.116. The number of carbonyl (C=O) groups excluding carboxylic acids is 2. The third kappa shape index (κ3) is 5.77. The number of morpholine rings is 1. The first-order valence-corrected chi connectivity index (χ1v) is 12.1. The van der Waals surface area contributed by atoms with E-state index in [2.05, 4.69) is 15.2 Å². The molecule has 0 bridgehead atoms. The number of ketones is 1. The number of anilines is 2. The summed E-state index contributed by atoms with van der Waals surface area (Å²) in [5.41, 5.74) is 3.49. The number of Topliss-reactive ketones (excluding diaryl/α,β-unsaturated/α-hetero) is 1. The summed E-state index contributed by atoms with van der Waals surface area (Å²) in [6, 6.07) is 11.4. The second-order valence-electron chi connectivity index (χ2n) is 7.26. The maximum atomic E-state index is 12.4. The fourth-order valence-electron chi connectivity index (χ4n) is 3.38. The minimum atomic E-state index is -0.114. The first kappa shape index (κ1) is 22.1. The molecule has 1 aliphatic heterocycles. The van der Waals surface area contributed by atoms with Crippen molar-refractivity contribution >= 4 is 68.0 Å². The van der Waals surface area contributed by atoms with Gasteiger partial charge < -0.3 is 15.0 Å². The van der Waals surface area contributed by atoms with Crippen molar-refractivity contribution in [2.75, 3.05) is 42.3 Å². The van der Waals surface area contributed by atoms with Crippen LogP contribution in [-0.4, -0.2) is 48.7 Å². The van der Waals surface area contributed by atoms with Crippen molar-refractivity contribution in [2.45, 2.75) is 17.7 Å². The highest BCUT2D eigenvalue weighted by molar-refractivity contribution is 8.01. The van der Waals surface area contributed by atoms with Gasteiger partial charge in [-0.25, -0.2) is 4.98 Å². The lowest BCUT2D eigenvalue weighted by atomic mass is 10.1. The Morgan fingerprint density at radius 1 is 1.23 bits per heavy atom. The lowest BCUT2D eigenvalue weighted by Crippen LogP contribution is -2.36. The van der Waals surface area contributed by atoms with E-state index < -0.39 is 0 Å². The van der Waals surface area contributed by atoms with Gasteiger partial charge in [-0.05, 0) is 42.8 Å². The number of hydrogen-bond acceptors (Lipinski definition) is 7. The summed E-state index contributed by atoms with van der Waals surface area (Å²) in [5, 5.41) is 3.51. The quantitative estimate of drug-likeness (QED) is 0.501. The largest absolute Gasteiger partial charge is 0.378 e. The van der Waals surface area contributed by atoms with Gasteiger partial charge in [0.25, 0.3) is 0 Å². The minimum Gasteiger partial charge on any atom is -0.378 e. The fraction of sp³-hybridized carbons (Fsp3) is 0.318. The van der Waals surface area contributed by atoms with Crippen molar-refractivity contribution in [3.05, 3.63) is 47.0 Å². The lowest BCUT2D eigenvalue weighted by Gasteiger charge is -2.29.